The Morgan fingerprint density at radius 3 is 3.00 bits per heavy atom. The molecule has 0 saturated heterocycles. The summed E-state index contributed by atoms with van der Waals surface area (Å²) in [5.41, 5.74) is 8.33. The molecule has 0 amide bonds. The highest BCUT2D eigenvalue weighted by Crippen LogP contribution is 2.17. The maximum Gasteiger partial charge on any atom is 0.214 e. The van der Waals surface area contributed by atoms with E-state index in [-0.39, 0.29) is 0 Å². The average Bonchev–Trinajstić information content (AvgIpc) is 2.86. The Kier molecular flexibility index (Phi) is 2.11. The normalized spacial score (nSPS) is 11.1. The molecule has 0 fully saturated rings. The van der Waals surface area contributed by atoms with Gasteiger partial charge in [-0.05, 0) is 25.1 Å². The number of imidazole rings is 1. The van der Waals surface area contributed by atoms with Gasteiger partial charge >= 0.3 is 0 Å². The summed E-state index contributed by atoms with van der Waals surface area (Å²) in [4.78, 5) is 8.47. The zero-order valence-electron chi connectivity index (χ0n) is 9.42. The number of anilines is 1. The van der Waals surface area contributed by atoms with Crippen LogP contribution in [0.25, 0.3) is 11.0 Å². The van der Waals surface area contributed by atoms with Gasteiger partial charge in [0, 0.05) is 5.69 Å². The Morgan fingerprint density at radius 2 is 2.24 bits per heavy atom. The van der Waals surface area contributed by atoms with Crippen LogP contribution in [0, 0.1) is 6.92 Å². The van der Waals surface area contributed by atoms with Gasteiger partial charge in [0.15, 0.2) is 0 Å². The summed E-state index contributed by atoms with van der Waals surface area (Å²) < 4.78 is 7.43. The standard InChI is InChI=1S/C12H12N4O/c1-8-5-14-12(17-8)6-16-7-15-10-4-9(13)2-3-11(10)16/h2-5,7H,6,13H2,1H3. The number of rotatable bonds is 2. The van der Waals surface area contributed by atoms with Gasteiger partial charge in [-0.2, -0.15) is 0 Å². The lowest BCUT2D eigenvalue weighted by atomic mass is 10.3. The Bertz CT molecular complexity index is 668. The Labute approximate surface area is 97.9 Å². The van der Waals surface area contributed by atoms with E-state index in [0.717, 1.165) is 22.5 Å². The molecule has 0 aliphatic rings. The van der Waals surface area contributed by atoms with Gasteiger partial charge in [0.25, 0.3) is 0 Å². The van der Waals surface area contributed by atoms with E-state index in [9.17, 15) is 0 Å². The van der Waals surface area contributed by atoms with E-state index in [2.05, 4.69) is 9.97 Å². The maximum absolute atomic E-state index is 5.71. The molecule has 0 aliphatic carbocycles. The predicted molar refractivity (Wildman–Crippen MR) is 64.5 cm³/mol. The summed E-state index contributed by atoms with van der Waals surface area (Å²) >= 11 is 0. The van der Waals surface area contributed by atoms with Crippen molar-refractivity contribution in [3.05, 3.63) is 42.4 Å². The Morgan fingerprint density at radius 1 is 1.35 bits per heavy atom. The first kappa shape index (κ1) is 9.89. The molecule has 2 aromatic heterocycles. The monoisotopic (exact) mass is 228 g/mol. The third-order valence-electron chi connectivity index (χ3n) is 2.62. The first-order valence-corrected chi connectivity index (χ1v) is 5.34. The van der Waals surface area contributed by atoms with E-state index in [1.165, 1.54) is 0 Å². The molecule has 3 rings (SSSR count). The molecule has 0 atom stereocenters. The lowest BCUT2D eigenvalue weighted by molar-refractivity contribution is 0.459. The molecule has 1 aromatic carbocycles. The highest BCUT2D eigenvalue weighted by molar-refractivity contribution is 5.78. The predicted octanol–water partition coefficient (Wildman–Crippen LogP) is 1.96. The van der Waals surface area contributed by atoms with Crippen molar-refractivity contribution in [1.29, 1.82) is 0 Å². The molecule has 17 heavy (non-hydrogen) atoms. The largest absolute Gasteiger partial charge is 0.444 e. The molecule has 3 aromatic rings. The minimum absolute atomic E-state index is 0.578. The van der Waals surface area contributed by atoms with Gasteiger partial charge in [-0.25, -0.2) is 9.97 Å². The Hall–Kier alpha value is -2.30. The summed E-state index contributed by atoms with van der Waals surface area (Å²) in [5.74, 6) is 1.49. The van der Waals surface area contributed by atoms with Crippen LogP contribution in [0.1, 0.15) is 11.7 Å². The number of benzene rings is 1. The van der Waals surface area contributed by atoms with Crippen molar-refractivity contribution in [3.8, 4) is 0 Å². The van der Waals surface area contributed by atoms with Gasteiger partial charge in [0.2, 0.25) is 5.89 Å². The number of hydrogen-bond acceptors (Lipinski definition) is 4. The van der Waals surface area contributed by atoms with Gasteiger partial charge in [0.05, 0.1) is 23.6 Å². The number of nitrogens with two attached hydrogens (primary N) is 1. The van der Waals surface area contributed by atoms with Crippen LogP contribution in [0.15, 0.2) is 35.1 Å². The molecule has 0 unspecified atom stereocenters. The second-order valence-electron chi connectivity index (χ2n) is 3.99. The number of aromatic nitrogens is 3. The molecule has 86 valence electrons. The summed E-state index contributed by atoms with van der Waals surface area (Å²) in [6, 6.07) is 5.67. The number of fused-ring (bicyclic) bond motifs is 1. The van der Waals surface area contributed by atoms with Crippen molar-refractivity contribution >= 4 is 16.7 Å². The summed E-state index contributed by atoms with van der Waals surface area (Å²) in [7, 11) is 0. The van der Waals surface area contributed by atoms with Crippen molar-refractivity contribution in [2.45, 2.75) is 13.5 Å². The second-order valence-corrected chi connectivity index (χ2v) is 3.99. The third-order valence-corrected chi connectivity index (χ3v) is 2.62. The molecule has 5 heteroatoms. The fraction of sp³-hybridized carbons (Fsp3) is 0.167. The third kappa shape index (κ3) is 1.75. The van der Waals surface area contributed by atoms with Crippen LogP contribution in [-0.4, -0.2) is 14.5 Å². The zero-order chi connectivity index (χ0) is 11.8. The van der Waals surface area contributed by atoms with E-state index in [1.54, 1.807) is 12.5 Å². The van der Waals surface area contributed by atoms with Crippen molar-refractivity contribution in [2.75, 3.05) is 5.73 Å². The molecule has 2 N–H and O–H groups in total. The van der Waals surface area contributed by atoms with Crippen molar-refractivity contribution < 1.29 is 4.42 Å². The van der Waals surface area contributed by atoms with E-state index >= 15 is 0 Å². The van der Waals surface area contributed by atoms with Crippen LogP contribution in [0.5, 0.6) is 0 Å². The van der Waals surface area contributed by atoms with Gasteiger partial charge in [0.1, 0.15) is 12.3 Å². The fourth-order valence-electron chi connectivity index (χ4n) is 1.83. The summed E-state index contributed by atoms with van der Waals surface area (Å²) in [6.45, 7) is 2.46. The number of nitrogens with zero attached hydrogens (tertiary/aromatic N) is 3. The van der Waals surface area contributed by atoms with Gasteiger partial charge in [-0.15, -0.1) is 0 Å². The molecule has 0 aliphatic heterocycles. The van der Waals surface area contributed by atoms with Crippen molar-refractivity contribution in [3.63, 3.8) is 0 Å². The molecule has 0 bridgehead atoms. The molecule has 0 spiro atoms. The maximum atomic E-state index is 5.71. The van der Waals surface area contributed by atoms with E-state index < -0.39 is 0 Å². The van der Waals surface area contributed by atoms with Gasteiger partial charge in [-0.3, -0.25) is 0 Å². The van der Waals surface area contributed by atoms with Crippen molar-refractivity contribution in [1.82, 2.24) is 14.5 Å². The van der Waals surface area contributed by atoms with Crippen LogP contribution in [0.4, 0.5) is 5.69 Å². The van der Waals surface area contributed by atoms with Crippen LogP contribution in [-0.2, 0) is 6.54 Å². The molecular weight excluding hydrogens is 216 g/mol. The quantitative estimate of drug-likeness (QED) is 0.681. The summed E-state index contributed by atoms with van der Waals surface area (Å²) in [6.07, 6.45) is 3.48. The minimum atomic E-state index is 0.578. The average molecular weight is 228 g/mol. The highest BCUT2D eigenvalue weighted by Gasteiger charge is 2.06. The van der Waals surface area contributed by atoms with Crippen molar-refractivity contribution in [2.24, 2.45) is 0 Å². The highest BCUT2D eigenvalue weighted by atomic mass is 16.4. The zero-order valence-corrected chi connectivity index (χ0v) is 9.42. The molecule has 2 heterocycles. The number of aryl methyl sites for hydroxylation is 1. The SMILES string of the molecule is Cc1cnc(Cn2cnc3cc(N)ccc32)o1. The Balaban J connectivity index is 2.00. The van der Waals surface area contributed by atoms with E-state index in [4.69, 9.17) is 10.2 Å². The van der Waals surface area contributed by atoms with E-state index in [0.29, 0.717) is 12.4 Å². The fourth-order valence-corrected chi connectivity index (χ4v) is 1.83. The van der Waals surface area contributed by atoms with Crippen LogP contribution in [0.2, 0.25) is 0 Å². The van der Waals surface area contributed by atoms with Crippen LogP contribution in [0.3, 0.4) is 0 Å². The topological polar surface area (TPSA) is 69.9 Å². The van der Waals surface area contributed by atoms with E-state index in [1.807, 2.05) is 29.7 Å². The lowest BCUT2D eigenvalue weighted by Crippen LogP contribution is -1.98. The number of oxazole rings is 1. The summed E-state index contributed by atoms with van der Waals surface area (Å²) in [5, 5.41) is 0. The van der Waals surface area contributed by atoms with Crippen LogP contribution < -0.4 is 5.73 Å². The lowest BCUT2D eigenvalue weighted by Gasteiger charge is -2.00. The number of nitrogen functional groups attached to an aromatic ring is 1. The first-order chi connectivity index (χ1) is 8.22. The van der Waals surface area contributed by atoms with Gasteiger partial charge < -0.3 is 14.7 Å². The molecule has 0 saturated carbocycles. The number of hydrogen-bond donors (Lipinski definition) is 1. The van der Waals surface area contributed by atoms with Gasteiger partial charge in [-0.1, -0.05) is 0 Å². The molecule has 5 nitrogen and oxygen atoms in total. The smallest absolute Gasteiger partial charge is 0.214 e. The molecular formula is C12H12N4O. The minimum Gasteiger partial charge on any atom is -0.444 e. The van der Waals surface area contributed by atoms with Crippen LogP contribution >= 0.6 is 0 Å². The second kappa shape index (κ2) is 3.62. The first-order valence-electron chi connectivity index (χ1n) is 5.34. The molecule has 0 radical (unpaired) electrons.